The standard InChI is InChI=1S/C11H13F3O3S/c12-6-2-1-3-8(17-11(13)14)9(6)10(16)7(15)4-5-18/h1-3,7,10-11,15-16,18H,4-5H2. The van der Waals surface area contributed by atoms with Gasteiger partial charge >= 0.3 is 6.61 Å². The minimum Gasteiger partial charge on any atom is -0.434 e. The van der Waals surface area contributed by atoms with E-state index in [1.807, 2.05) is 0 Å². The van der Waals surface area contributed by atoms with Gasteiger partial charge in [-0.25, -0.2) is 4.39 Å². The number of hydrogen-bond acceptors (Lipinski definition) is 4. The van der Waals surface area contributed by atoms with Gasteiger partial charge in [0.15, 0.2) is 0 Å². The fraction of sp³-hybridized carbons (Fsp3) is 0.455. The lowest BCUT2D eigenvalue weighted by Gasteiger charge is -2.20. The molecule has 0 amide bonds. The number of alkyl halides is 2. The van der Waals surface area contributed by atoms with Crippen molar-refractivity contribution in [3.8, 4) is 5.75 Å². The van der Waals surface area contributed by atoms with Crippen LogP contribution in [-0.2, 0) is 0 Å². The summed E-state index contributed by atoms with van der Waals surface area (Å²) in [4.78, 5) is 0. The summed E-state index contributed by atoms with van der Waals surface area (Å²) in [5.74, 6) is -1.15. The molecule has 0 aliphatic carbocycles. The van der Waals surface area contributed by atoms with Gasteiger partial charge in [-0.1, -0.05) is 6.07 Å². The first-order chi connectivity index (χ1) is 8.47. The van der Waals surface area contributed by atoms with Crippen molar-refractivity contribution < 1.29 is 28.1 Å². The number of benzene rings is 1. The summed E-state index contributed by atoms with van der Waals surface area (Å²) >= 11 is 3.86. The van der Waals surface area contributed by atoms with Crippen molar-refractivity contribution in [1.29, 1.82) is 0 Å². The molecule has 0 saturated carbocycles. The third-order valence-electron chi connectivity index (χ3n) is 2.31. The Hall–Kier alpha value is -0.920. The fourth-order valence-electron chi connectivity index (χ4n) is 1.49. The van der Waals surface area contributed by atoms with Gasteiger partial charge in [-0.3, -0.25) is 0 Å². The van der Waals surface area contributed by atoms with Crippen LogP contribution >= 0.6 is 12.6 Å². The Morgan fingerprint density at radius 2 is 1.94 bits per heavy atom. The van der Waals surface area contributed by atoms with Crippen LogP contribution in [0, 0.1) is 5.82 Å². The van der Waals surface area contributed by atoms with Crippen LogP contribution in [0.1, 0.15) is 18.1 Å². The molecule has 3 nitrogen and oxygen atoms in total. The van der Waals surface area contributed by atoms with Crippen molar-refractivity contribution in [3.05, 3.63) is 29.6 Å². The van der Waals surface area contributed by atoms with Crippen molar-refractivity contribution in [2.24, 2.45) is 0 Å². The highest BCUT2D eigenvalue weighted by molar-refractivity contribution is 7.80. The van der Waals surface area contributed by atoms with Crippen molar-refractivity contribution >= 4 is 12.6 Å². The zero-order chi connectivity index (χ0) is 13.7. The molecule has 2 atom stereocenters. The lowest BCUT2D eigenvalue weighted by Crippen LogP contribution is -2.21. The summed E-state index contributed by atoms with van der Waals surface area (Å²) in [6.45, 7) is -3.14. The second kappa shape index (κ2) is 6.86. The fourth-order valence-corrected chi connectivity index (χ4v) is 1.75. The maximum atomic E-state index is 13.5. The number of aliphatic hydroxyl groups is 2. The number of rotatable bonds is 6. The highest BCUT2D eigenvalue weighted by atomic mass is 32.1. The molecule has 1 aromatic rings. The summed E-state index contributed by atoms with van der Waals surface area (Å²) in [5.41, 5.74) is -0.480. The monoisotopic (exact) mass is 282 g/mol. The summed E-state index contributed by atoms with van der Waals surface area (Å²) in [5, 5.41) is 19.3. The Morgan fingerprint density at radius 3 is 2.50 bits per heavy atom. The Labute approximate surface area is 108 Å². The molecule has 102 valence electrons. The van der Waals surface area contributed by atoms with Crippen LogP contribution in [-0.4, -0.2) is 28.7 Å². The van der Waals surface area contributed by atoms with Crippen LogP contribution in [0.15, 0.2) is 18.2 Å². The average molecular weight is 282 g/mol. The third kappa shape index (κ3) is 3.79. The number of ether oxygens (including phenoxy) is 1. The Kier molecular flexibility index (Phi) is 5.77. The van der Waals surface area contributed by atoms with E-state index >= 15 is 0 Å². The molecule has 1 rings (SSSR count). The molecule has 0 saturated heterocycles. The first kappa shape index (κ1) is 15.1. The lowest BCUT2D eigenvalue weighted by molar-refractivity contribution is -0.0543. The van der Waals surface area contributed by atoms with Gasteiger partial charge < -0.3 is 14.9 Å². The van der Waals surface area contributed by atoms with Gasteiger partial charge in [-0.15, -0.1) is 0 Å². The molecule has 0 aliphatic heterocycles. The van der Waals surface area contributed by atoms with Crippen LogP contribution in [0.25, 0.3) is 0 Å². The second-order valence-electron chi connectivity index (χ2n) is 3.55. The molecule has 0 heterocycles. The summed E-state index contributed by atoms with van der Waals surface area (Å²) < 4.78 is 41.9. The largest absolute Gasteiger partial charge is 0.434 e. The average Bonchev–Trinajstić information content (AvgIpc) is 2.28. The number of hydrogen-bond donors (Lipinski definition) is 3. The Bertz CT molecular complexity index is 390. The molecule has 0 fully saturated rings. The van der Waals surface area contributed by atoms with E-state index in [2.05, 4.69) is 17.4 Å². The molecule has 2 unspecified atom stereocenters. The molecule has 18 heavy (non-hydrogen) atoms. The second-order valence-corrected chi connectivity index (χ2v) is 4.00. The molecule has 2 N–H and O–H groups in total. The molecule has 0 bridgehead atoms. The van der Waals surface area contributed by atoms with Crippen molar-refractivity contribution in [2.45, 2.75) is 25.2 Å². The molecular formula is C11H13F3O3S. The van der Waals surface area contributed by atoms with Gasteiger partial charge in [-0.2, -0.15) is 21.4 Å². The topological polar surface area (TPSA) is 49.7 Å². The van der Waals surface area contributed by atoms with Crippen LogP contribution in [0.4, 0.5) is 13.2 Å². The summed E-state index contributed by atoms with van der Waals surface area (Å²) in [6, 6.07) is 3.26. The van der Waals surface area contributed by atoms with E-state index in [9.17, 15) is 23.4 Å². The Balaban J connectivity index is 3.04. The molecule has 0 aliphatic rings. The zero-order valence-corrected chi connectivity index (χ0v) is 10.2. The normalized spacial score (nSPS) is 14.6. The predicted octanol–water partition coefficient (Wildman–Crippen LogP) is 2.14. The smallest absolute Gasteiger partial charge is 0.387 e. The minimum atomic E-state index is -3.14. The number of halogens is 3. The van der Waals surface area contributed by atoms with Crippen LogP contribution in [0.2, 0.25) is 0 Å². The van der Waals surface area contributed by atoms with Gasteiger partial charge in [0.05, 0.1) is 11.7 Å². The van der Waals surface area contributed by atoms with E-state index in [1.165, 1.54) is 6.07 Å². The van der Waals surface area contributed by atoms with E-state index in [4.69, 9.17) is 0 Å². The van der Waals surface area contributed by atoms with E-state index in [0.29, 0.717) is 0 Å². The minimum absolute atomic E-state index is 0.0900. The summed E-state index contributed by atoms with van der Waals surface area (Å²) in [7, 11) is 0. The number of thiol groups is 1. The molecule has 0 aromatic heterocycles. The molecule has 0 spiro atoms. The van der Waals surface area contributed by atoms with Gasteiger partial charge in [0.25, 0.3) is 0 Å². The van der Waals surface area contributed by atoms with E-state index in [-0.39, 0.29) is 12.2 Å². The van der Waals surface area contributed by atoms with Crippen molar-refractivity contribution in [2.75, 3.05) is 5.75 Å². The van der Waals surface area contributed by atoms with Crippen LogP contribution < -0.4 is 4.74 Å². The quantitative estimate of drug-likeness (QED) is 0.701. The third-order valence-corrected chi connectivity index (χ3v) is 2.57. The van der Waals surface area contributed by atoms with E-state index < -0.39 is 35.9 Å². The van der Waals surface area contributed by atoms with Gasteiger partial charge in [0.1, 0.15) is 17.7 Å². The van der Waals surface area contributed by atoms with E-state index in [0.717, 1.165) is 12.1 Å². The Morgan fingerprint density at radius 1 is 1.28 bits per heavy atom. The van der Waals surface area contributed by atoms with E-state index in [1.54, 1.807) is 0 Å². The molecular weight excluding hydrogens is 269 g/mol. The van der Waals surface area contributed by atoms with Crippen molar-refractivity contribution in [1.82, 2.24) is 0 Å². The number of aliphatic hydroxyl groups excluding tert-OH is 2. The first-order valence-corrected chi connectivity index (χ1v) is 5.80. The maximum absolute atomic E-state index is 13.5. The molecule has 0 radical (unpaired) electrons. The molecule has 7 heteroatoms. The maximum Gasteiger partial charge on any atom is 0.387 e. The summed E-state index contributed by atoms with van der Waals surface area (Å²) in [6.07, 6.45) is -2.86. The van der Waals surface area contributed by atoms with Crippen molar-refractivity contribution in [3.63, 3.8) is 0 Å². The highest BCUT2D eigenvalue weighted by Crippen LogP contribution is 2.31. The van der Waals surface area contributed by atoms with Crippen LogP contribution in [0.3, 0.4) is 0 Å². The van der Waals surface area contributed by atoms with Gasteiger partial charge in [0.2, 0.25) is 0 Å². The van der Waals surface area contributed by atoms with Gasteiger partial charge in [0, 0.05) is 0 Å². The highest BCUT2D eigenvalue weighted by Gasteiger charge is 2.26. The predicted molar refractivity (Wildman–Crippen MR) is 62.5 cm³/mol. The lowest BCUT2D eigenvalue weighted by atomic mass is 10.0. The van der Waals surface area contributed by atoms with Gasteiger partial charge in [-0.05, 0) is 24.3 Å². The first-order valence-electron chi connectivity index (χ1n) is 5.17. The van der Waals surface area contributed by atoms with Crippen LogP contribution in [0.5, 0.6) is 5.75 Å². The SMILES string of the molecule is OC(CCS)C(O)c1c(F)cccc1OC(F)F. The zero-order valence-electron chi connectivity index (χ0n) is 9.26. The molecule has 1 aromatic carbocycles.